The minimum atomic E-state index is 0.603. The average molecular weight is 342 g/mol. The van der Waals surface area contributed by atoms with E-state index in [2.05, 4.69) is 21.7 Å². The lowest BCUT2D eigenvalue weighted by molar-refractivity contribution is 0.153. The van der Waals surface area contributed by atoms with Gasteiger partial charge in [0.1, 0.15) is 0 Å². The summed E-state index contributed by atoms with van der Waals surface area (Å²) in [4.78, 5) is 4.21. The van der Waals surface area contributed by atoms with E-state index in [9.17, 15) is 0 Å². The monoisotopic (exact) mass is 341 g/mol. The van der Waals surface area contributed by atoms with Gasteiger partial charge in [-0.05, 0) is 30.5 Å². The first-order valence-electron chi connectivity index (χ1n) is 7.33. The Morgan fingerprint density at radius 3 is 2.86 bits per heavy atom. The Morgan fingerprint density at radius 2 is 2.18 bits per heavy atom. The van der Waals surface area contributed by atoms with Crippen LogP contribution in [0.3, 0.4) is 0 Å². The quantitative estimate of drug-likeness (QED) is 0.490. The van der Waals surface area contributed by atoms with Gasteiger partial charge in [0.2, 0.25) is 0 Å². The molecule has 0 amide bonds. The average Bonchev–Trinajstić information content (AvgIpc) is 2.53. The van der Waals surface area contributed by atoms with Crippen LogP contribution in [0.4, 0.5) is 0 Å². The molecule has 2 N–H and O–H groups in total. The Labute approximate surface area is 141 Å². The summed E-state index contributed by atoms with van der Waals surface area (Å²) in [6.45, 7) is 3.01. The second kappa shape index (κ2) is 9.03. The zero-order valence-corrected chi connectivity index (χ0v) is 14.2. The van der Waals surface area contributed by atoms with Crippen molar-refractivity contribution in [3.05, 3.63) is 45.5 Å². The van der Waals surface area contributed by atoms with Crippen LogP contribution in [0, 0.1) is 0 Å². The van der Waals surface area contributed by atoms with Crippen LogP contribution in [0.2, 0.25) is 10.0 Å². The van der Waals surface area contributed by atoms with Crippen LogP contribution in [0.15, 0.2) is 34.8 Å². The van der Waals surface area contributed by atoms with Crippen LogP contribution in [0.1, 0.15) is 18.4 Å². The molecule has 0 spiro atoms. The SMILES string of the molecule is CN=C(NCCC1=CCOCC1)NCc1ccc(Cl)cc1Cl. The lowest BCUT2D eigenvalue weighted by Gasteiger charge is -2.16. The molecule has 1 aromatic carbocycles. The molecule has 6 heteroatoms. The molecule has 0 fully saturated rings. The first-order valence-corrected chi connectivity index (χ1v) is 8.08. The van der Waals surface area contributed by atoms with Gasteiger partial charge in [-0.3, -0.25) is 4.99 Å². The molecular formula is C16H21Cl2N3O. The molecule has 1 aliphatic rings. The van der Waals surface area contributed by atoms with Crippen molar-refractivity contribution in [2.75, 3.05) is 26.8 Å². The van der Waals surface area contributed by atoms with Crippen molar-refractivity contribution in [2.24, 2.45) is 4.99 Å². The highest BCUT2D eigenvalue weighted by molar-refractivity contribution is 6.35. The normalized spacial score (nSPS) is 15.4. The molecule has 120 valence electrons. The summed E-state index contributed by atoms with van der Waals surface area (Å²) in [6, 6.07) is 5.49. The van der Waals surface area contributed by atoms with E-state index in [1.165, 1.54) is 5.57 Å². The summed E-state index contributed by atoms with van der Waals surface area (Å²) in [5.41, 5.74) is 2.43. The number of nitrogens with one attached hydrogen (secondary N) is 2. The van der Waals surface area contributed by atoms with Gasteiger partial charge >= 0.3 is 0 Å². The third-order valence-electron chi connectivity index (χ3n) is 3.48. The van der Waals surface area contributed by atoms with Crippen LogP contribution < -0.4 is 10.6 Å². The number of rotatable bonds is 5. The number of nitrogens with zero attached hydrogens (tertiary/aromatic N) is 1. The third-order valence-corrected chi connectivity index (χ3v) is 4.07. The van der Waals surface area contributed by atoms with Crippen molar-refractivity contribution < 1.29 is 4.74 Å². The predicted octanol–water partition coefficient (Wildman–Crippen LogP) is 3.40. The number of ether oxygens (including phenoxy) is 1. The lowest BCUT2D eigenvalue weighted by atomic mass is 10.1. The zero-order valence-electron chi connectivity index (χ0n) is 12.7. The van der Waals surface area contributed by atoms with Gasteiger partial charge in [-0.1, -0.05) is 40.9 Å². The van der Waals surface area contributed by atoms with E-state index >= 15 is 0 Å². The van der Waals surface area contributed by atoms with Crippen LogP contribution in [0.5, 0.6) is 0 Å². The van der Waals surface area contributed by atoms with Gasteiger partial charge in [-0.15, -0.1) is 0 Å². The van der Waals surface area contributed by atoms with E-state index in [1.54, 1.807) is 13.1 Å². The van der Waals surface area contributed by atoms with Gasteiger partial charge in [-0.25, -0.2) is 0 Å². The number of hydrogen-bond acceptors (Lipinski definition) is 2. The minimum Gasteiger partial charge on any atom is -0.377 e. The van der Waals surface area contributed by atoms with E-state index in [4.69, 9.17) is 27.9 Å². The molecule has 0 saturated carbocycles. The Bertz CT molecular complexity index is 558. The standard InChI is InChI=1S/C16H21Cl2N3O/c1-19-16(20-7-4-12-5-8-22-9-6-12)21-11-13-2-3-14(17)10-15(13)18/h2-3,5,10H,4,6-9,11H2,1H3,(H2,19,20,21). The summed E-state index contributed by atoms with van der Waals surface area (Å²) in [6.07, 6.45) is 4.19. The van der Waals surface area contributed by atoms with Crippen molar-refractivity contribution >= 4 is 29.2 Å². The van der Waals surface area contributed by atoms with Gasteiger partial charge in [0.15, 0.2) is 5.96 Å². The molecule has 1 aliphatic heterocycles. The number of benzene rings is 1. The van der Waals surface area contributed by atoms with Crippen molar-refractivity contribution in [3.63, 3.8) is 0 Å². The summed E-state index contributed by atoms with van der Waals surface area (Å²) >= 11 is 12.1. The maximum atomic E-state index is 6.16. The van der Waals surface area contributed by atoms with Crippen molar-refractivity contribution in [1.82, 2.24) is 10.6 Å². The second-order valence-corrected chi connectivity index (χ2v) is 5.87. The molecule has 2 rings (SSSR count). The molecule has 0 unspecified atom stereocenters. The van der Waals surface area contributed by atoms with Gasteiger partial charge in [0.25, 0.3) is 0 Å². The van der Waals surface area contributed by atoms with Gasteiger partial charge in [0, 0.05) is 30.2 Å². The lowest BCUT2D eigenvalue weighted by Crippen LogP contribution is -2.37. The highest BCUT2D eigenvalue weighted by Crippen LogP contribution is 2.20. The van der Waals surface area contributed by atoms with Crippen molar-refractivity contribution in [1.29, 1.82) is 0 Å². The third kappa shape index (κ3) is 5.52. The Hall–Kier alpha value is -1.23. The molecule has 0 atom stereocenters. The Morgan fingerprint density at radius 1 is 1.32 bits per heavy atom. The first-order chi connectivity index (χ1) is 10.7. The van der Waals surface area contributed by atoms with Crippen LogP contribution in [-0.4, -0.2) is 32.8 Å². The molecule has 0 radical (unpaired) electrons. The second-order valence-electron chi connectivity index (χ2n) is 5.03. The van der Waals surface area contributed by atoms with E-state index in [-0.39, 0.29) is 0 Å². The Balaban J connectivity index is 1.76. The molecule has 4 nitrogen and oxygen atoms in total. The maximum Gasteiger partial charge on any atom is 0.191 e. The van der Waals surface area contributed by atoms with Gasteiger partial charge in [0.05, 0.1) is 13.2 Å². The summed E-state index contributed by atoms with van der Waals surface area (Å²) in [5.74, 6) is 0.763. The fourth-order valence-corrected chi connectivity index (χ4v) is 2.67. The summed E-state index contributed by atoms with van der Waals surface area (Å²) in [7, 11) is 1.76. The number of guanidine groups is 1. The van der Waals surface area contributed by atoms with Crippen molar-refractivity contribution in [3.8, 4) is 0 Å². The number of aliphatic imine (C=N–C) groups is 1. The van der Waals surface area contributed by atoms with Crippen LogP contribution >= 0.6 is 23.2 Å². The minimum absolute atomic E-state index is 0.603. The van der Waals surface area contributed by atoms with E-state index < -0.39 is 0 Å². The highest BCUT2D eigenvalue weighted by Gasteiger charge is 2.05. The smallest absolute Gasteiger partial charge is 0.191 e. The predicted molar refractivity (Wildman–Crippen MR) is 92.8 cm³/mol. The van der Waals surface area contributed by atoms with Crippen LogP contribution in [-0.2, 0) is 11.3 Å². The number of hydrogen-bond donors (Lipinski definition) is 2. The maximum absolute atomic E-state index is 6.16. The van der Waals surface area contributed by atoms with Gasteiger partial charge in [-0.2, -0.15) is 0 Å². The molecule has 0 aliphatic carbocycles. The van der Waals surface area contributed by atoms with E-state index in [0.29, 0.717) is 16.6 Å². The molecule has 1 heterocycles. The molecule has 1 aromatic rings. The van der Waals surface area contributed by atoms with Crippen molar-refractivity contribution in [2.45, 2.75) is 19.4 Å². The largest absolute Gasteiger partial charge is 0.377 e. The van der Waals surface area contributed by atoms with E-state index in [0.717, 1.165) is 44.1 Å². The molecule has 0 aromatic heterocycles. The molecular weight excluding hydrogens is 321 g/mol. The molecule has 0 saturated heterocycles. The van der Waals surface area contributed by atoms with Crippen LogP contribution in [0.25, 0.3) is 0 Å². The fraction of sp³-hybridized carbons (Fsp3) is 0.438. The summed E-state index contributed by atoms with van der Waals surface area (Å²) < 4.78 is 5.30. The summed E-state index contributed by atoms with van der Waals surface area (Å²) in [5, 5.41) is 7.85. The highest BCUT2D eigenvalue weighted by atomic mass is 35.5. The zero-order chi connectivity index (χ0) is 15.8. The number of halogens is 2. The topological polar surface area (TPSA) is 45.7 Å². The first kappa shape index (κ1) is 17.1. The molecule has 22 heavy (non-hydrogen) atoms. The fourth-order valence-electron chi connectivity index (χ4n) is 2.20. The van der Waals surface area contributed by atoms with Gasteiger partial charge < -0.3 is 15.4 Å². The Kier molecular flexibility index (Phi) is 7.03. The molecule has 0 bridgehead atoms. The van der Waals surface area contributed by atoms with E-state index in [1.807, 2.05) is 12.1 Å².